The standard InChI is InChI=1S/C32H37NO4/c1-23(2)27-13-9-26(10-14-27)20-32(3)21-28-19-25(11-15-29(28)37-32)12-16-30(34)33(22-31(35)36)18-17-24-7-5-4-6-8-24/h4-11,13-15,19,23H,12,16-18,20-22H2,1-3H3,(H,35,36). The first-order valence-electron chi connectivity index (χ1n) is 13.1. The zero-order valence-electron chi connectivity index (χ0n) is 22.1. The fourth-order valence-corrected chi connectivity index (χ4v) is 5.05. The van der Waals surface area contributed by atoms with Crippen LogP contribution in [0.3, 0.4) is 0 Å². The zero-order chi connectivity index (χ0) is 26.4. The van der Waals surface area contributed by atoms with Gasteiger partial charge in [0.15, 0.2) is 0 Å². The first-order valence-corrected chi connectivity index (χ1v) is 13.1. The largest absolute Gasteiger partial charge is 0.487 e. The van der Waals surface area contributed by atoms with Gasteiger partial charge < -0.3 is 14.7 Å². The number of fused-ring (bicyclic) bond motifs is 1. The lowest BCUT2D eigenvalue weighted by molar-refractivity contribution is -0.144. The molecule has 1 atom stereocenters. The number of aryl methyl sites for hydroxylation is 1. The molecule has 3 aromatic rings. The summed E-state index contributed by atoms with van der Waals surface area (Å²) in [4.78, 5) is 25.7. The third-order valence-electron chi connectivity index (χ3n) is 7.09. The Morgan fingerprint density at radius 3 is 2.32 bits per heavy atom. The van der Waals surface area contributed by atoms with Crippen LogP contribution in [0.15, 0.2) is 72.8 Å². The van der Waals surface area contributed by atoms with Gasteiger partial charge in [-0.05, 0) is 59.6 Å². The van der Waals surface area contributed by atoms with Gasteiger partial charge in [0.25, 0.3) is 0 Å². The summed E-state index contributed by atoms with van der Waals surface area (Å²) < 4.78 is 6.37. The number of carboxylic acids is 1. The lowest BCUT2D eigenvalue weighted by atomic mass is 9.90. The maximum atomic E-state index is 12.9. The average Bonchev–Trinajstić information content (AvgIpc) is 3.20. The normalized spacial score (nSPS) is 16.3. The van der Waals surface area contributed by atoms with Crippen LogP contribution in [0, 0.1) is 0 Å². The van der Waals surface area contributed by atoms with Crippen LogP contribution < -0.4 is 4.74 Å². The topological polar surface area (TPSA) is 66.8 Å². The molecule has 1 aliphatic heterocycles. The molecular weight excluding hydrogens is 462 g/mol. The highest BCUT2D eigenvalue weighted by Gasteiger charge is 2.35. The first-order chi connectivity index (χ1) is 17.7. The highest BCUT2D eigenvalue weighted by atomic mass is 16.5. The van der Waals surface area contributed by atoms with Gasteiger partial charge in [0.1, 0.15) is 17.9 Å². The molecular formula is C32H37NO4. The number of amides is 1. The van der Waals surface area contributed by atoms with E-state index in [9.17, 15) is 14.7 Å². The van der Waals surface area contributed by atoms with E-state index in [2.05, 4.69) is 51.1 Å². The number of nitrogens with zero attached hydrogens (tertiary/aromatic N) is 1. The molecule has 1 amide bonds. The van der Waals surface area contributed by atoms with Crippen LogP contribution in [-0.2, 0) is 35.3 Å². The van der Waals surface area contributed by atoms with Gasteiger partial charge in [0, 0.05) is 25.8 Å². The quantitative estimate of drug-likeness (QED) is 0.360. The van der Waals surface area contributed by atoms with Crippen LogP contribution in [0.5, 0.6) is 5.75 Å². The van der Waals surface area contributed by atoms with Crippen molar-refractivity contribution in [1.29, 1.82) is 0 Å². The average molecular weight is 500 g/mol. The SMILES string of the molecule is CC(C)c1ccc(CC2(C)Cc3cc(CCC(=O)N(CCc4ccccc4)CC(=O)O)ccc3O2)cc1. The Bertz CT molecular complexity index is 1220. The van der Waals surface area contributed by atoms with Crippen molar-refractivity contribution in [2.24, 2.45) is 0 Å². The Labute approximate surface area is 220 Å². The van der Waals surface area contributed by atoms with E-state index in [0.29, 0.717) is 25.3 Å². The fourth-order valence-electron chi connectivity index (χ4n) is 5.05. The molecule has 3 aromatic carbocycles. The van der Waals surface area contributed by atoms with Crippen LogP contribution in [0.25, 0.3) is 0 Å². The molecule has 0 fully saturated rings. The molecule has 5 nitrogen and oxygen atoms in total. The monoisotopic (exact) mass is 499 g/mol. The van der Waals surface area contributed by atoms with E-state index in [1.165, 1.54) is 16.0 Å². The Kier molecular flexibility index (Phi) is 8.32. The van der Waals surface area contributed by atoms with Crippen molar-refractivity contribution in [3.05, 3.63) is 101 Å². The van der Waals surface area contributed by atoms with E-state index < -0.39 is 5.97 Å². The van der Waals surface area contributed by atoms with Crippen LogP contribution in [0.1, 0.15) is 60.9 Å². The van der Waals surface area contributed by atoms with Gasteiger partial charge in [-0.3, -0.25) is 9.59 Å². The van der Waals surface area contributed by atoms with Gasteiger partial charge in [0.2, 0.25) is 5.91 Å². The molecule has 0 saturated carbocycles. The molecule has 0 bridgehead atoms. The third kappa shape index (κ3) is 7.22. The number of carbonyl (C=O) groups is 2. The van der Waals surface area contributed by atoms with Gasteiger partial charge >= 0.3 is 5.97 Å². The van der Waals surface area contributed by atoms with E-state index in [-0.39, 0.29) is 24.5 Å². The number of carbonyl (C=O) groups excluding carboxylic acids is 1. The van der Waals surface area contributed by atoms with Crippen molar-refractivity contribution in [3.63, 3.8) is 0 Å². The van der Waals surface area contributed by atoms with Gasteiger partial charge in [-0.25, -0.2) is 0 Å². The molecule has 0 radical (unpaired) electrons. The Balaban J connectivity index is 1.34. The second-order valence-electron chi connectivity index (χ2n) is 10.7. The second-order valence-corrected chi connectivity index (χ2v) is 10.7. The summed E-state index contributed by atoms with van der Waals surface area (Å²) in [5, 5.41) is 9.31. The van der Waals surface area contributed by atoms with Crippen molar-refractivity contribution in [3.8, 4) is 5.75 Å². The summed E-state index contributed by atoms with van der Waals surface area (Å²) in [7, 11) is 0. The van der Waals surface area contributed by atoms with Crippen molar-refractivity contribution < 1.29 is 19.4 Å². The van der Waals surface area contributed by atoms with E-state index >= 15 is 0 Å². The van der Waals surface area contributed by atoms with E-state index in [4.69, 9.17) is 4.74 Å². The molecule has 1 unspecified atom stereocenters. The fraction of sp³-hybridized carbons (Fsp3) is 0.375. The molecule has 1 N–H and O–H groups in total. The van der Waals surface area contributed by atoms with Crippen LogP contribution in [0.2, 0.25) is 0 Å². The van der Waals surface area contributed by atoms with Gasteiger partial charge in [-0.1, -0.05) is 80.6 Å². The predicted octanol–water partition coefficient (Wildman–Crippen LogP) is 5.83. The van der Waals surface area contributed by atoms with E-state index in [1.807, 2.05) is 42.5 Å². The number of hydrogen-bond acceptors (Lipinski definition) is 3. The number of carboxylic acid groups (broad SMARTS) is 1. The summed E-state index contributed by atoms with van der Waals surface area (Å²) >= 11 is 0. The summed E-state index contributed by atoms with van der Waals surface area (Å²) in [6.07, 6.45) is 3.13. The number of aliphatic carboxylic acids is 1. The van der Waals surface area contributed by atoms with Crippen molar-refractivity contribution in [2.45, 2.75) is 64.4 Å². The lowest BCUT2D eigenvalue weighted by Gasteiger charge is -2.24. The minimum absolute atomic E-state index is 0.134. The minimum Gasteiger partial charge on any atom is -0.487 e. The highest BCUT2D eigenvalue weighted by Crippen LogP contribution is 2.37. The molecule has 0 spiro atoms. The summed E-state index contributed by atoms with van der Waals surface area (Å²) in [6, 6.07) is 24.8. The summed E-state index contributed by atoms with van der Waals surface area (Å²) in [6.45, 7) is 6.67. The summed E-state index contributed by atoms with van der Waals surface area (Å²) in [5.41, 5.74) is 5.62. The number of rotatable bonds is 11. The zero-order valence-corrected chi connectivity index (χ0v) is 22.1. The smallest absolute Gasteiger partial charge is 0.323 e. The number of benzene rings is 3. The van der Waals surface area contributed by atoms with Gasteiger partial charge in [0.05, 0.1) is 0 Å². The minimum atomic E-state index is -0.991. The maximum absolute atomic E-state index is 12.9. The van der Waals surface area contributed by atoms with Gasteiger partial charge in [-0.15, -0.1) is 0 Å². The Morgan fingerprint density at radius 2 is 1.65 bits per heavy atom. The predicted molar refractivity (Wildman–Crippen MR) is 146 cm³/mol. The molecule has 194 valence electrons. The van der Waals surface area contributed by atoms with Crippen molar-refractivity contribution >= 4 is 11.9 Å². The summed E-state index contributed by atoms with van der Waals surface area (Å²) in [5.74, 6) is 0.299. The Morgan fingerprint density at radius 1 is 0.946 bits per heavy atom. The molecule has 5 heteroatoms. The number of hydrogen-bond donors (Lipinski definition) is 1. The van der Waals surface area contributed by atoms with E-state index in [0.717, 1.165) is 35.3 Å². The molecule has 0 aliphatic carbocycles. The van der Waals surface area contributed by atoms with E-state index in [1.54, 1.807) is 0 Å². The second kappa shape index (κ2) is 11.6. The van der Waals surface area contributed by atoms with Crippen LogP contribution in [-0.4, -0.2) is 40.6 Å². The van der Waals surface area contributed by atoms with Gasteiger partial charge in [-0.2, -0.15) is 0 Å². The third-order valence-corrected chi connectivity index (χ3v) is 7.09. The Hall–Kier alpha value is -3.60. The van der Waals surface area contributed by atoms with Crippen molar-refractivity contribution in [2.75, 3.05) is 13.1 Å². The van der Waals surface area contributed by atoms with Crippen molar-refractivity contribution in [1.82, 2.24) is 4.90 Å². The highest BCUT2D eigenvalue weighted by molar-refractivity contribution is 5.81. The lowest BCUT2D eigenvalue weighted by Crippen LogP contribution is -2.37. The molecule has 0 aromatic heterocycles. The van der Waals surface area contributed by atoms with Crippen LogP contribution in [0.4, 0.5) is 0 Å². The molecule has 1 aliphatic rings. The molecule has 4 rings (SSSR count). The van der Waals surface area contributed by atoms with Crippen LogP contribution >= 0.6 is 0 Å². The molecule has 1 heterocycles. The molecule has 0 saturated heterocycles. The molecule has 37 heavy (non-hydrogen) atoms. The first kappa shape index (κ1) is 26.5. The maximum Gasteiger partial charge on any atom is 0.323 e. The number of ether oxygens (including phenoxy) is 1.